The summed E-state index contributed by atoms with van der Waals surface area (Å²) in [6.07, 6.45) is 1.64. The minimum Gasteiger partial charge on any atom is -0.371 e. The number of carbonyl (C=O) groups excluding carboxylic acids is 1. The van der Waals surface area contributed by atoms with Gasteiger partial charge in [0.05, 0.1) is 16.7 Å². The summed E-state index contributed by atoms with van der Waals surface area (Å²) in [5.74, 6) is -0.640. The third kappa shape index (κ3) is 3.33. The van der Waals surface area contributed by atoms with E-state index in [4.69, 9.17) is 5.73 Å². The second-order valence-electron chi connectivity index (χ2n) is 4.47. The van der Waals surface area contributed by atoms with E-state index in [9.17, 15) is 14.9 Å². The van der Waals surface area contributed by atoms with E-state index in [1.165, 1.54) is 18.2 Å². The summed E-state index contributed by atoms with van der Waals surface area (Å²) in [6.45, 7) is 1.82. The summed E-state index contributed by atoms with van der Waals surface area (Å²) in [5, 5.41) is 14.0. The van der Waals surface area contributed by atoms with Crippen LogP contribution in [0.15, 0.2) is 42.6 Å². The van der Waals surface area contributed by atoms with Gasteiger partial charge in [-0.2, -0.15) is 0 Å². The minimum atomic E-state index is -0.640. The van der Waals surface area contributed by atoms with Gasteiger partial charge in [-0.3, -0.25) is 19.9 Å². The van der Waals surface area contributed by atoms with Crippen molar-refractivity contribution in [2.24, 2.45) is 5.73 Å². The standard InChI is InChI=1S/C14H14N4O3/c1-9(11-4-2-3-7-16-11)17-12-8-10(14(15)19)5-6-13(12)18(20)21/h2-9,17H,1H3,(H2,15,19). The van der Waals surface area contributed by atoms with Gasteiger partial charge in [-0.25, -0.2) is 0 Å². The molecule has 0 saturated carbocycles. The maximum Gasteiger partial charge on any atom is 0.292 e. The third-order valence-corrected chi connectivity index (χ3v) is 2.98. The number of hydrogen-bond donors (Lipinski definition) is 2. The Morgan fingerprint density at radius 3 is 2.71 bits per heavy atom. The number of amides is 1. The molecule has 1 aromatic carbocycles. The molecule has 1 aromatic heterocycles. The van der Waals surface area contributed by atoms with Crippen LogP contribution in [-0.2, 0) is 0 Å². The summed E-state index contributed by atoms with van der Waals surface area (Å²) >= 11 is 0. The Kier molecular flexibility index (Phi) is 4.13. The lowest BCUT2D eigenvalue weighted by atomic mass is 10.1. The first-order valence-electron chi connectivity index (χ1n) is 6.24. The normalized spacial score (nSPS) is 11.7. The number of primary amides is 1. The van der Waals surface area contributed by atoms with Crippen LogP contribution in [0.5, 0.6) is 0 Å². The van der Waals surface area contributed by atoms with Crippen molar-refractivity contribution in [1.82, 2.24) is 4.98 Å². The Labute approximate surface area is 121 Å². The highest BCUT2D eigenvalue weighted by Gasteiger charge is 2.18. The second-order valence-corrected chi connectivity index (χ2v) is 4.47. The zero-order valence-corrected chi connectivity index (χ0v) is 11.3. The number of rotatable bonds is 5. The molecule has 2 rings (SSSR count). The van der Waals surface area contributed by atoms with Crippen molar-refractivity contribution in [1.29, 1.82) is 0 Å². The first kappa shape index (κ1) is 14.4. The predicted molar refractivity (Wildman–Crippen MR) is 77.9 cm³/mol. The van der Waals surface area contributed by atoms with E-state index < -0.39 is 10.8 Å². The van der Waals surface area contributed by atoms with Crippen LogP contribution in [0.3, 0.4) is 0 Å². The molecule has 0 spiro atoms. The van der Waals surface area contributed by atoms with Gasteiger partial charge in [0.15, 0.2) is 0 Å². The molecule has 7 nitrogen and oxygen atoms in total. The minimum absolute atomic E-state index is 0.122. The smallest absolute Gasteiger partial charge is 0.292 e. The van der Waals surface area contributed by atoms with Crippen molar-refractivity contribution in [3.8, 4) is 0 Å². The van der Waals surface area contributed by atoms with Crippen LogP contribution < -0.4 is 11.1 Å². The number of anilines is 1. The number of nitrogens with one attached hydrogen (secondary N) is 1. The molecule has 21 heavy (non-hydrogen) atoms. The van der Waals surface area contributed by atoms with Gasteiger partial charge in [-0.05, 0) is 31.2 Å². The number of nitrogens with two attached hydrogens (primary N) is 1. The molecule has 0 aliphatic rings. The van der Waals surface area contributed by atoms with Gasteiger partial charge < -0.3 is 11.1 Å². The molecule has 2 aromatic rings. The van der Waals surface area contributed by atoms with Crippen LogP contribution in [0.1, 0.15) is 29.0 Å². The van der Waals surface area contributed by atoms with Crippen molar-refractivity contribution in [3.05, 3.63) is 64.0 Å². The van der Waals surface area contributed by atoms with Crippen LogP contribution in [0.2, 0.25) is 0 Å². The molecule has 0 fully saturated rings. The predicted octanol–water partition coefficient (Wildman–Crippen LogP) is 2.26. The molecule has 0 radical (unpaired) electrons. The van der Waals surface area contributed by atoms with Crippen LogP contribution in [0, 0.1) is 10.1 Å². The maximum absolute atomic E-state index is 11.2. The number of hydrogen-bond acceptors (Lipinski definition) is 5. The van der Waals surface area contributed by atoms with E-state index in [1.54, 1.807) is 18.3 Å². The van der Waals surface area contributed by atoms with Gasteiger partial charge in [-0.15, -0.1) is 0 Å². The zero-order valence-electron chi connectivity index (χ0n) is 11.3. The lowest BCUT2D eigenvalue weighted by Crippen LogP contribution is -2.14. The highest BCUT2D eigenvalue weighted by Crippen LogP contribution is 2.28. The Balaban J connectivity index is 2.35. The topological polar surface area (TPSA) is 111 Å². The molecule has 1 unspecified atom stereocenters. The van der Waals surface area contributed by atoms with E-state index >= 15 is 0 Å². The lowest BCUT2D eigenvalue weighted by Gasteiger charge is -2.15. The molecule has 1 amide bonds. The average Bonchev–Trinajstić information content (AvgIpc) is 2.47. The zero-order chi connectivity index (χ0) is 15.4. The average molecular weight is 286 g/mol. The number of nitro groups is 1. The van der Waals surface area contributed by atoms with Crippen molar-refractivity contribution >= 4 is 17.3 Å². The molecule has 3 N–H and O–H groups in total. The fourth-order valence-corrected chi connectivity index (χ4v) is 1.90. The summed E-state index contributed by atoms with van der Waals surface area (Å²) in [5.41, 5.74) is 6.25. The molecule has 1 heterocycles. The van der Waals surface area contributed by atoms with Crippen LogP contribution in [-0.4, -0.2) is 15.8 Å². The highest BCUT2D eigenvalue weighted by molar-refractivity contribution is 5.94. The van der Waals surface area contributed by atoms with Crippen molar-refractivity contribution in [3.63, 3.8) is 0 Å². The SMILES string of the molecule is CC(Nc1cc(C(N)=O)ccc1[N+](=O)[O-])c1ccccn1. The summed E-state index contributed by atoms with van der Waals surface area (Å²) in [6, 6.07) is 9.13. The molecule has 1 atom stereocenters. The van der Waals surface area contributed by atoms with Gasteiger partial charge in [-0.1, -0.05) is 6.07 Å². The molecule has 7 heteroatoms. The van der Waals surface area contributed by atoms with Gasteiger partial charge in [0.2, 0.25) is 5.91 Å². The number of nitrogens with zero attached hydrogens (tertiary/aromatic N) is 2. The Bertz CT molecular complexity index is 673. The number of nitro benzene ring substituents is 1. The van der Waals surface area contributed by atoms with Gasteiger partial charge in [0.1, 0.15) is 5.69 Å². The van der Waals surface area contributed by atoms with Crippen molar-refractivity contribution in [2.45, 2.75) is 13.0 Å². The van der Waals surface area contributed by atoms with Gasteiger partial charge in [0, 0.05) is 17.8 Å². The van der Waals surface area contributed by atoms with E-state index in [1.807, 2.05) is 13.0 Å². The van der Waals surface area contributed by atoms with E-state index in [0.29, 0.717) is 0 Å². The maximum atomic E-state index is 11.2. The number of carbonyl (C=O) groups is 1. The number of benzene rings is 1. The van der Waals surface area contributed by atoms with Crippen molar-refractivity contribution < 1.29 is 9.72 Å². The van der Waals surface area contributed by atoms with Gasteiger partial charge in [0.25, 0.3) is 5.69 Å². The number of aromatic nitrogens is 1. The summed E-state index contributed by atoms with van der Waals surface area (Å²) < 4.78 is 0. The van der Waals surface area contributed by atoms with Crippen molar-refractivity contribution in [2.75, 3.05) is 5.32 Å². The lowest BCUT2D eigenvalue weighted by molar-refractivity contribution is -0.384. The Morgan fingerprint density at radius 2 is 2.14 bits per heavy atom. The Hall–Kier alpha value is -2.96. The summed E-state index contributed by atoms with van der Waals surface area (Å²) in [7, 11) is 0. The second kappa shape index (κ2) is 6.00. The molecule has 0 bridgehead atoms. The molecule has 0 aliphatic carbocycles. The van der Waals surface area contributed by atoms with E-state index in [-0.39, 0.29) is 23.0 Å². The van der Waals surface area contributed by atoms with E-state index in [0.717, 1.165) is 5.69 Å². The van der Waals surface area contributed by atoms with Crippen LogP contribution in [0.4, 0.5) is 11.4 Å². The largest absolute Gasteiger partial charge is 0.371 e. The third-order valence-electron chi connectivity index (χ3n) is 2.98. The number of pyridine rings is 1. The Morgan fingerprint density at radius 1 is 1.38 bits per heavy atom. The molecule has 0 saturated heterocycles. The monoisotopic (exact) mass is 286 g/mol. The summed E-state index contributed by atoms with van der Waals surface area (Å²) in [4.78, 5) is 25.9. The first-order valence-corrected chi connectivity index (χ1v) is 6.24. The highest BCUT2D eigenvalue weighted by atomic mass is 16.6. The fourth-order valence-electron chi connectivity index (χ4n) is 1.90. The molecule has 0 aliphatic heterocycles. The van der Waals surface area contributed by atoms with Gasteiger partial charge >= 0.3 is 0 Å². The molecule has 108 valence electrons. The fraction of sp³-hybridized carbons (Fsp3) is 0.143. The molecular weight excluding hydrogens is 272 g/mol. The molecular formula is C14H14N4O3. The quantitative estimate of drug-likeness (QED) is 0.646. The van der Waals surface area contributed by atoms with Crippen LogP contribution in [0.25, 0.3) is 0 Å². The first-order chi connectivity index (χ1) is 9.99. The van der Waals surface area contributed by atoms with E-state index in [2.05, 4.69) is 10.3 Å². The van der Waals surface area contributed by atoms with Crippen LogP contribution >= 0.6 is 0 Å².